The van der Waals surface area contributed by atoms with Crippen LogP contribution in [0, 0.1) is 5.92 Å². The summed E-state index contributed by atoms with van der Waals surface area (Å²) >= 11 is 9.37. The topological polar surface area (TPSA) is 32.3 Å². The minimum Gasteiger partial charge on any atom is -0.395 e. The molecule has 2 nitrogen and oxygen atoms in total. The van der Waals surface area contributed by atoms with Crippen molar-refractivity contribution in [1.29, 1.82) is 0 Å². The fourth-order valence-electron chi connectivity index (χ4n) is 1.71. The van der Waals surface area contributed by atoms with E-state index >= 15 is 0 Å². The molecular formula is C13H19BrClNO. The van der Waals surface area contributed by atoms with E-state index in [1.54, 1.807) is 0 Å². The quantitative estimate of drug-likeness (QED) is 0.839. The molecule has 4 heteroatoms. The molecule has 0 aliphatic carbocycles. The van der Waals surface area contributed by atoms with E-state index in [0.717, 1.165) is 28.0 Å². The number of benzene rings is 1. The Morgan fingerprint density at radius 1 is 1.41 bits per heavy atom. The minimum atomic E-state index is 0.151. The van der Waals surface area contributed by atoms with Gasteiger partial charge in [0.25, 0.3) is 0 Å². The van der Waals surface area contributed by atoms with Crippen LogP contribution in [0.1, 0.15) is 25.8 Å². The van der Waals surface area contributed by atoms with E-state index in [-0.39, 0.29) is 12.6 Å². The van der Waals surface area contributed by atoms with Crippen molar-refractivity contribution < 1.29 is 5.11 Å². The van der Waals surface area contributed by atoms with E-state index in [1.807, 2.05) is 18.2 Å². The third kappa shape index (κ3) is 5.38. The van der Waals surface area contributed by atoms with Crippen LogP contribution in [0.15, 0.2) is 22.7 Å². The van der Waals surface area contributed by atoms with Crippen LogP contribution in [-0.4, -0.2) is 17.8 Å². The van der Waals surface area contributed by atoms with Gasteiger partial charge in [-0.3, -0.25) is 0 Å². The van der Waals surface area contributed by atoms with Crippen LogP contribution in [0.5, 0.6) is 0 Å². The molecule has 0 saturated carbocycles. The molecule has 1 rings (SSSR count). The maximum Gasteiger partial charge on any atom is 0.0584 e. The van der Waals surface area contributed by atoms with Crippen LogP contribution < -0.4 is 5.32 Å². The van der Waals surface area contributed by atoms with Crippen molar-refractivity contribution in [3.05, 3.63) is 33.3 Å². The Hall–Kier alpha value is -0.0900. The molecule has 17 heavy (non-hydrogen) atoms. The number of hydrogen-bond donors (Lipinski definition) is 2. The number of aliphatic hydroxyl groups is 1. The first-order valence-corrected chi connectivity index (χ1v) is 6.98. The van der Waals surface area contributed by atoms with Crippen molar-refractivity contribution in [2.45, 2.75) is 32.9 Å². The van der Waals surface area contributed by atoms with Crippen molar-refractivity contribution in [1.82, 2.24) is 5.32 Å². The van der Waals surface area contributed by atoms with Crippen LogP contribution in [0.4, 0.5) is 0 Å². The molecule has 0 aromatic heterocycles. The Morgan fingerprint density at radius 2 is 2.12 bits per heavy atom. The molecule has 96 valence electrons. The van der Waals surface area contributed by atoms with Gasteiger partial charge in [0.1, 0.15) is 0 Å². The van der Waals surface area contributed by atoms with Crippen molar-refractivity contribution in [3.63, 3.8) is 0 Å². The average molecular weight is 321 g/mol. The average Bonchev–Trinajstić information content (AvgIpc) is 2.25. The Balaban J connectivity index is 2.53. The summed E-state index contributed by atoms with van der Waals surface area (Å²) < 4.78 is 0.999. The summed E-state index contributed by atoms with van der Waals surface area (Å²) in [6.07, 6.45) is 0.974. The number of hydrogen-bond acceptors (Lipinski definition) is 2. The molecule has 0 spiro atoms. The minimum absolute atomic E-state index is 0.151. The standard InChI is InChI=1S/C13H19BrClNO/c1-9(2)5-12(8-17)16-7-10-3-4-11(15)6-13(10)14/h3-4,6,9,12,16-17H,5,7-8H2,1-2H3. The Kier molecular flexibility index (Phi) is 6.49. The molecule has 0 fully saturated rings. The maximum atomic E-state index is 9.27. The fraction of sp³-hybridized carbons (Fsp3) is 0.538. The first-order chi connectivity index (χ1) is 8.02. The Labute approximate surface area is 117 Å². The second-order valence-corrected chi connectivity index (χ2v) is 5.92. The summed E-state index contributed by atoms with van der Waals surface area (Å²) in [4.78, 5) is 0. The van der Waals surface area contributed by atoms with E-state index in [4.69, 9.17) is 11.6 Å². The summed E-state index contributed by atoms with van der Waals surface area (Å²) in [7, 11) is 0. The zero-order valence-electron chi connectivity index (χ0n) is 10.2. The molecule has 0 amide bonds. The van der Waals surface area contributed by atoms with Crippen LogP contribution in [0.2, 0.25) is 5.02 Å². The van der Waals surface area contributed by atoms with Gasteiger partial charge in [-0.25, -0.2) is 0 Å². The van der Waals surface area contributed by atoms with Gasteiger partial charge in [0.15, 0.2) is 0 Å². The van der Waals surface area contributed by atoms with Crippen molar-refractivity contribution in [2.75, 3.05) is 6.61 Å². The molecule has 1 unspecified atom stereocenters. The fourth-order valence-corrected chi connectivity index (χ4v) is 2.53. The zero-order valence-corrected chi connectivity index (χ0v) is 12.6. The van der Waals surface area contributed by atoms with Crippen molar-refractivity contribution in [2.24, 2.45) is 5.92 Å². The number of rotatable bonds is 6. The van der Waals surface area contributed by atoms with Gasteiger partial charge in [0.05, 0.1) is 6.61 Å². The SMILES string of the molecule is CC(C)CC(CO)NCc1ccc(Cl)cc1Br. The number of nitrogens with one attached hydrogen (secondary N) is 1. The maximum absolute atomic E-state index is 9.27. The van der Waals surface area contributed by atoms with Crippen LogP contribution in [0.3, 0.4) is 0 Å². The predicted octanol–water partition coefficient (Wildman–Crippen LogP) is 3.60. The monoisotopic (exact) mass is 319 g/mol. The smallest absolute Gasteiger partial charge is 0.0584 e. The highest BCUT2D eigenvalue weighted by Crippen LogP contribution is 2.21. The lowest BCUT2D eigenvalue weighted by Crippen LogP contribution is -2.33. The lowest BCUT2D eigenvalue weighted by molar-refractivity contribution is 0.223. The van der Waals surface area contributed by atoms with Gasteiger partial charge in [-0.15, -0.1) is 0 Å². The second kappa shape index (κ2) is 7.37. The molecule has 1 aromatic carbocycles. The molecule has 0 aliphatic rings. The summed E-state index contributed by atoms with van der Waals surface area (Å²) in [5, 5.41) is 13.3. The van der Waals surface area contributed by atoms with E-state index < -0.39 is 0 Å². The first kappa shape index (κ1) is 15.0. The van der Waals surface area contributed by atoms with Gasteiger partial charge >= 0.3 is 0 Å². The van der Waals surface area contributed by atoms with Gasteiger partial charge in [0.2, 0.25) is 0 Å². The van der Waals surface area contributed by atoms with Gasteiger partial charge < -0.3 is 10.4 Å². The lowest BCUT2D eigenvalue weighted by Gasteiger charge is -2.18. The van der Waals surface area contributed by atoms with E-state index in [9.17, 15) is 5.11 Å². The Morgan fingerprint density at radius 3 is 2.65 bits per heavy atom. The van der Waals surface area contributed by atoms with Crippen molar-refractivity contribution in [3.8, 4) is 0 Å². The van der Waals surface area contributed by atoms with Gasteiger partial charge in [-0.1, -0.05) is 47.4 Å². The molecular weight excluding hydrogens is 302 g/mol. The Bertz CT molecular complexity index is 357. The van der Waals surface area contributed by atoms with E-state index in [0.29, 0.717) is 5.92 Å². The van der Waals surface area contributed by atoms with Gasteiger partial charge in [-0.2, -0.15) is 0 Å². The predicted molar refractivity (Wildman–Crippen MR) is 76.3 cm³/mol. The molecule has 0 bridgehead atoms. The van der Waals surface area contributed by atoms with Crippen LogP contribution in [-0.2, 0) is 6.54 Å². The third-order valence-corrected chi connectivity index (χ3v) is 3.55. The molecule has 1 aromatic rings. The highest BCUT2D eigenvalue weighted by molar-refractivity contribution is 9.10. The first-order valence-electron chi connectivity index (χ1n) is 5.81. The summed E-state index contributed by atoms with van der Waals surface area (Å²) in [5.74, 6) is 0.577. The summed E-state index contributed by atoms with van der Waals surface area (Å²) in [6.45, 7) is 5.21. The van der Waals surface area contributed by atoms with Gasteiger partial charge in [0, 0.05) is 22.1 Å². The summed E-state index contributed by atoms with van der Waals surface area (Å²) in [5.41, 5.74) is 1.15. The van der Waals surface area contributed by atoms with Crippen LogP contribution >= 0.6 is 27.5 Å². The van der Waals surface area contributed by atoms with E-state index in [2.05, 4.69) is 35.1 Å². The molecule has 0 radical (unpaired) electrons. The molecule has 2 N–H and O–H groups in total. The summed E-state index contributed by atoms with van der Waals surface area (Å²) in [6, 6.07) is 5.90. The second-order valence-electron chi connectivity index (χ2n) is 4.63. The highest BCUT2D eigenvalue weighted by Gasteiger charge is 2.10. The normalized spacial score (nSPS) is 13.1. The number of halogens is 2. The largest absolute Gasteiger partial charge is 0.395 e. The van der Waals surface area contributed by atoms with Crippen LogP contribution in [0.25, 0.3) is 0 Å². The lowest BCUT2D eigenvalue weighted by atomic mass is 10.0. The zero-order chi connectivity index (χ0) is 12.8. The molecule has 0 heterocycles. The third-order valence-electron chi connectivity index (χ3n) is 2.57. The van der Waals surface area contributed by atoms with E-state index in [1.165, 1.54) is 0 Å². The highest BCUT2D eigenvalue weighted by atomic mass is 79.9. The molecule has 0 saturated heterocycles. The molecule has 1 atom stereocenters. The number of aliphatic hydroxyl groups excluding tert-OH is 1. The van der Waals surface area contributed by atoms with Gasteiger partial charge in [-0.05, 0) is 30.0 Å². The molecule has 0 aliphatic heterocycles. The van der Waals surface area contributed by atoms with Crippen molar-refractivity contribution >= 4 is 27.5 Å².